The molecule has 0 aliphatic heterocycles. The SMILES string of the molecule is O=P(O)(O)O.[H-].[Na+].[V].[Zn]. The van der Waals surface area contributed by atoms with Gasteiger partial charge in [-0.2, -0.15) is 0 Å². The molecule has 0 unspecified atom stereocenters. The van der Waals surface area contributed by atoms with E-state index in [1.165, 1.54) is 0 Å². The summed E-state index contributed by atoms with van der Waals surface area (Å²) in [7, 11) is -4.64. The minimum atomic E-state index is -4.64. The molecule has 0 spiro atoms. The van der Waals surface area contributed by atoms with Crippen molar-refractivity contribution in [2.24, 2.45) is 0 Å². The fourth-order valence-electron chi connectivity index (χ4n) is 0. The van der Waals surface area contributed by atoms with Crippen LogP contribution >= 0.6 is 7.82 Å². The van der Waals surface area contributed by atoms with Gasteiger partial charge >= 0.3 is 37.4 Å². The largest absolute Gasteiger partial charge is 1.00 e. The van der Waals surface area contributed by atoms with Crippen molar-refractivity contribution in [3.63, 3.8) is 0 Å². The summed E-state index contributed by atoms with van der Waals surface area (Å²) in [5, 5.41) is 0. The Kier molecular flexibility index (Phi) is 26.1. The zero-order valence-corrected chi connectivity index (χ0v) is 11.6. The molecule has 4 nitrogen and oxygen atoms in total. The maximum Gasteiger partial charge on any atom is 1.00 e. The second kappa shape index (κ2) is 9.32. The molecule has 0 aliphatic carbocycles. The Labute approximate surface area is 95.1 Å². The fraction of sp³-hybridized carbons (Fsp3) is 0. The van der Waals surface area contributed by atoms with E-state index in [-0.39, 0.29) is 69.0 Å². The van der Waals surface area contributed by atoms with Crippen LogP contribution in [0, 0.1) is 0 Å². The van der Waals surface area contributed by atoms with Gasteiger partial charge in [0.2, 0.25) is 0 Å². The summed E-state index contributed by atoms with van der Waals surface area (Å²) in [6.45, 7) is 0. The number of hydrogen-bond donors (Lipinski definition) is 3. The van der Waals surface area contributed by atoms with Gasteiger partial charge in [-0.1, -0.05) is 0 Å². The Morgan fingerprint density at radius 2 is 1.25 bits per heavy atom. The van der Waals surface area contributed by atoms with E-state index in [0.29, 0.717) is 0 Å². The van der Waals surface area contributed by atoms with Gasteiger partial charge in [-0.25, -0.2) is 4.57 Å². The van der Waals surface area contributed by atoms with E-state index in [0.717, 1.165) is 0 Å². The van der Waals surface area contributed by atoms with Crippen LogP contribution in [0.2, 0.25) is 0 Å². The normalized spacial score (nSPS) is 7.38. The minimum absolute atomic E-state index is 0. The molecule has 0 rings (SSSR count). The van der Waals surface area contributed by atoms with Crippen LogP contribution in [-0.2, 0) is 42.6 Å². The quantitative estimate of drug-likeness (QED) is 0.299. The molecular formula is H4NaO4PVZn. The predicted molar refractivity (Wildman–Crippen MR) is 15.4 cm³/mol. The van der Waals surface area contributed by atoms with E-state index in [2.05, 4.69) is 0 Å². The smallest absolute Gasteiger partial charge is 1.00 e. The topological polar surface area (TPSA) is 77.8 Å². The first-order valence-corrected chi connectivity index (χ1v) is 2.35. The van der Waals surface area contributed by atoms with Crippen molar-refractivity contribution in [1.29, 1.82) is 0 Å². The van der Waals surface area contributed by atoms with Gasteiger partial charge in [0.15, 0.2) is 0 Å². The van der Waals surface area contributed by atoms with Gasteiger partial charge < -0.3 is 16.1 Å². The zero-order chi connectivity index (χ0) is 4.50. The summed E-state index contributed by atoms with van der Waals surface area (Å²) in [5.74, 6) is 0. The summed E-state index contributed by atoms with van der Waals surface area (Å²) in [6, 6.07) is 0. The number of rotatable bonds is 0. The first-order valence-electron chi connectivity index (χ1n) is 0.783. The molecule has 41 valence electrons. The molecule has 0 aromatic carbocycles. The van der Waals surface area contributed by atoms with Crippen LogP contribution < -0.4 is 29.6 Å². The van der Waals surface area contributed by atoms with E-state index >= 15 is 0 Å². The van der Waals surface area contributed by atoms with Crippen LogP contribution in [0.15, 0.2) is 0 Å². The Balaban J connectivity index is -0.0000000133. The second-order valence-corrected chi connectivity index (χ2v) is 1.54. The Morgan fingerprint density at radius 1 is 1.25 bits per heavy atom. The van der Waals surface area contributed by atoms with E-state index in [1.54, 1.807) is 0 Å². The zero-order valence-electron chi connectivity index (χ0n) is 5.35. The van der Waals surface area contributed by atoms with E-state index < -0.39 is 7.82 Å². The molecule has 0 bridgehead atoms. The van der Waals surface area contributed by atoms with Crippen LogP contribution in [0.1, 0.15) is 1.43 Å². The van der Waals surface area contributed by atoms with E-state index in [4.69, 9.17) is 19.2 Å². The molecule has 0 aromatic heterocycles. The average Bonchev–Trinajstić information content (AvgIpc) is 0.722. The van der Waals surface area contributed by atoms with Crippen LogP contribution in [0.5, 0.6) is 0 Å². The van der Waals surface area contributed by atoms with Crippen molar-refractivity contribution in [3.05, 3.63) is 0 Å². The standard InChI is InChI=1S/Na.H3O4P.V.Zn.H/c;1-5(2,3)4;;;/h;(H3,1,2,3,4);;;/q+1;;;;-1. The van der Waals surface area contributed by atoms with Crippen LogP contribution in [-0.4, -0.2) is 14.7 Å². The van der Waals surface area contributed by atoms with Gasteiger partial charge in [-0.3, -0.25) is 0 Å². The molecule has 0 saturated heterocycles. The molecule has 1 radical (unpaired) electrons. The summed E-state index contributed by atoms with van der Waals surface area (Å²) < 4.78 is 8.88. The van der Waals surface area contributed by atoms with Crippen molar-refractivity contribution < 1.29 is 88.3 Å². The molecule has 0 heterocycles. The molecular weight excluding hydrogens is 234 g/mol. The Morgan fingerprint density at radius 3 is 1.25 bits per heavy atom. The molecule has 8 heteroatoms. The van der Waals surface area contributed by atoms with E-state index in [9.17, 15) is 0 Å². The van der Waals surface area contributed by atoms with Gasteiger partial charge in [-0.15, -0.1) is 0 Å². The second-order valence-electron chi connectivity index (χ2n) is 0.513. The molecule has 0 aliphatic rings. The van der Waals surface area contributed by atoms with Crippen molar-refractivity contribution in [3.8, 4) is 0 Å². The first-order chi connectivity index (χ1) is 2.00. The molecule has 0 atom stereocenters. The number of hydrogen-bond acceptors (Lipinski definition) is 1. The third-order valence-corrected chi connectivity index (χ3v) is 0. The third-order valence-electron chi connectivity index (χ3n) is 0. The maximum absolute atomic E-state index is 8.88. The van der Waals surface area contributed by atoms with Gasteiger partial charge in [0.25, 0.3) is 0 Å². The molecule has 0 amide bonds. The van der Waals surface area contributed by atoms with Crippen LogP contribution in [0.25, 0.3) is 0 Å². The van der Waals surface area contributed by atoms with Crippen molar-refractivity contribution in [2.75, 3.05) is 0 Å². The molecule has 8 heavy (non-hydrogen) atoms. The third kappa shape index (κ3) is 82.9. The van der Waals surface area contributed by atoms with Gasteiger partial charge in [-0.05, 0) is 0 Å². The Hall–Kier alpha value is 2.32. The van der Waals surface area contributed by atoms with Gasteiger partial charge in [0.05, 0.1) is 0 Å². The molecule has 0 fully saturated rings. The average molecular weight is 238 g/mol. The van der Waals surface area contributed by atoms with Gasteiger partial charge in [0.1, 0.15) is 0 Å². The summed E-state index contributed by atoms with van der Waals surface area (Å²) >= 11 is 0. The van der Waals surface area contributed by atoms with Crippen molar-refractivity contribution in [2.45, 2.75) is 0 Å². The summed E-state index contributed by atoms with van der Waals surface area (Å²) in [5.41, 5.74) is 0. The monoisotopic (exact) mass is 237 g/mol. The fourth-order valence-corrected chi connectivity index (χ4v) is 0. The molecule has 0 saturated carbocycles. The molecule has 0 aromatic rings. The van der Waals surface area contributed by atoms with Crippen LogP contribution in [0.3, 0.4) is 0 Å². The molecule has 3 N–H and O–H groups in total. The van der Waals surface area contributed by atoms with Crippen molar-refractivity contribution in [1.82, 2.24) is 0 Å². The van der Waals surface area contributed by atoms with E-state index in [1.807, 2.05) is 0 Å². The summed E-state index contributed by atoms with van der Waals surface area (Å²) in [4.78, 5) is 21.6. The maximum atomic E-state index is 8.88. The predicted octanol–water partition coefficient (Wildman–Crippen LogP) is -3.82. The first kappa shape index (κ1) is 22.4. The summed E-state index contributed by atoms with van der Waals surface area (Å²) in [6.07, 6.45) is 0. The number of phosphoric acid groups is 1. The Bertz CT molecular complexity index is 66.7. The minimum Gasteiger partial charge on any atom is -1.00 e. The van der Waals surface area contributed by atoms with Crippen molar-refractivity contribution >= 4 is 7.82 Å². The van der Waals surface area contributed by atoms with Crippen LogP contribution in [0.4, 0.5) is 0 Å². The van der Waals surface area contributed by atoms with Gasteiger partial charge in [0, 0.05) is 38.0 Å².